The first-order valence-electron chi connectivity index (χ1n) is 10.1. The summed E-state index contributed by atoms with van der Waals surface area (Å²) in [6.07, 6.45) is 1.08. The Hall–Kier alpha value is -3.64. The van der Waals surface area contributed by atoms with Crippen LogP contribution in [0.5, 0.6) is 0 Å². The smallest absolute Gasteiger partial charge is 0.000729 e. The summed E-state index contributed by atoms with van der Waals surface area (Å²) < 4.78 is 0. The molecule has 0 radical (unpaired) electrons. The van der Waals surface area contributed by atoms with Crippen LogP contribution in [-0.2, 0) is 6.42 Å². The van der Waals surface area contributed by atoms with Gasteiger partial charge >= 0.3 is 0 Å². The molecular formula is C29H22. The molecule has 0 saturated heterocycles. The first kappa shape index (κ1) is 17.5. The highest BCUT2D eigenvalue weighted by molar-refractivity contribution is 5.95. The average Bonchev–Trinajstić information content (AvgIpc) is 3.20. The van der Waals surface area contributed by atoms with Crippen molar-refractivity contribution in [1.29, 1.82) is 0 Å². The van der Waals surface area contributed by atoms with Gasteiger partial charge in [-0.15, -0.1) is 0 Å². The highest BCUT2D eigenvalue weighted by atomic mass is 14.2. The third kappa shape index (κ3) is 3.46. The molecule has 5 aromatic rings. The molecule has 0 aromatic heterocycles. The first-order chi connectivity index (χ1) is 14.4. The summed E-state index contributed by atoms with van der Waals surface area (Å²) in [7, 11) is 0. The Morgan fingerprint density at radius 3 is 1.72 bits per heavy atom. The topological polar surface area (TPSA) is 0 Å². The molecule has 1 aliphatic rings. The van der Waals surface area contributed by atoms with Crippen molar-refractivity contribution in [1.82, 2.24) is 0 Å². The van der Waals surface area contributed by atoms with Gasteiger partial charge < -0.3 is 0 Å². The highest BCUT2D eigenvalue weighted by Crippen LogP contribution is 2.39. The normalized spacial score (nSPS) is 11.3. The maximum atomic E-state index is 2.27. The number of hydrogen-bond donors (Lipinski definition) is 0. The minimum Gasteiger partial charge on any atom is -0.0622 e. The Bertz CT molecular complexity index is 1210. The van der Waals surface area contributed by atoms with Gasteiger partial charge in [-0.2, -0.15) is 0 Å². The fraction of sp³-hybridized carbons (Fsp3) is 0.0345. The molecule has 0 nitrogen and oxygen atoms in total. The van der Waals surface area contributed by atoms with Gasteiger partial charge in [0, 0.05) is 0 Å². The van der Waals surface area contributed by atoms with Crippen molar-refractivity contribution < 1.29 is 0 Å². The summed E-state index contributed by atoms with van der Waals surface area (Å²) in [6, 6.07) is 42.7. The van der Waals surface area contributed by atoms with E-state index in [2.05, 4.69) is 109 Å². The van der Waals surface area contributed by atoms with Crippen molar-refractivity contribution in [2.24, 2.45) is 0 Å². The third-order valence-electron chi connectivity index (χ3n) is 5.60. The van der Waals surface area contributed by atoms with E-state index in [4.69, 9.17) is 0 Å². The summed E-state index contributed by atoms with van der Waals surface area (Å²) in [5.74, 6) is 0. The molecule has 0 bridgehead atoms. The monoisotopic (exact) mass is 370 g/mol. The largest absolute Gasteiger partial charge is 0.0622 e. The van der Waals surface area contributed by atoms with Crippen LogP contribution in [0.4, 0.5) is 0 Å². The molecule has 5 aromatic carbocycles. The van der Waals surface area contributed by atoms with Crippen molar-refractivity contribution in [2.45, 2.75) is 6.42 Å². The van der Waals surface area contributed by atoms with Gasteiger partial charge in [0.15, 0.2) is 0 Å². The van der Waals surface area contributed by atoms with E-state index in [1.54, 1.807) is 0 Å². The molecule has 0 unspecified atom stereocenters. The van der Waals surface area contributed by atoms with Crippen LogP contribution < -0.4 is 0 Å². The molecular weight excluding hydrogens is 348 g/mol. The van der Waals surface area contributed by atoms with Gasteiger partial charge in [0.25, 0.3) is 0 Å². The van der Waals surface area contributed by atoms with Gasteiger partial charge in [-0.1, -0.05) is 121 Å². The summed E-state index contributed by atoms with van der Waals surface area (Å²) in [6.45, 7) is 0. The first-order valence-corrected chi connectivity index (χ1v) is 10.1. The van der Waals surface area contributed by atoms with Gasteiger partial charge in [-0.3, -0.25) is 0 Å². The second kappa shape index (κ2) is 7.77. The van der Waals surface area contributed by atoms with E-state index in [1.165, 1.54) is 44.2 Å². The van der Waals surface area contributed by atoms with E-state index >= 15 is 0 Å². The van der Waals surface area contributed by atoms with Crippen molar-refractivity contribution >= 4 is 10.8 Å². The Kier molecular flexibility index (Phi) is 4.68. The molecule has 0 heteroatoms. The summed E-state index contributed by atoms with van der Waals surface area (Å²) in [5.41, 5.74) is 8.33. The molecule has 0 atom stereocenters. The predicted molar refractivity (Wildman–Crippen MR) is 124 cm³/mol. The molecule has 0 aliphatic heterocycles. The Morgan fingerprint density at radius 1 is 0.414 bits per heavy atom. The van der Waals surface area contributed by atoms with Crippen LogP contribution in [-0.4, -0.2) is 0 Å². The molecule has 0 heterocycles. The molecule has 1 aliphatic carbocycles. The van der Waals surface area contributed by atoms with Gasteiger partial charge in [0.1, 0.15) is 0 Å². The lowest BCUT2D eigenvalue weighted by Gasteiger charge is -2.05. The zero-order valence-corrected chi connectivity index (χ0v) is 16.3. The van der Waals surface area contributed by atoms with E-state index in [1.807, 2.05) is 12.1 Å². The van der Waals surface area contributed by atoms with E-state index < -0.39 is 0 Å². The molecule has 0 amide bonds. The minimum atomic E-state index is 1.08. The minimum absolute atomic E-state index is 1.08. The lowest BCUT2D eigenvalue weighted by molar-refractivity contribution is 1.28. The van der Waals surface area contributed by atoms with E-state index in [0.29, 0.717) is 0 Å². The van der Waals surface area contributed by atoms with Crippen LogP contribution in [0.15, 0.2) is 121 Å². The molecule has 6 rings (SSSR count). The van der Waals surface area contributed by atoms with Crippen molar-refractivity contribution in [3.05, 3.63) is 132 Å². The zero-order valence-electron chi connectivity index (χ0n) is 16.3. The zero-order chi connectivity index (χ0) is 19.5. The number of benzene rings is 5. The second-order valence-electron chi connectivity index (χ2n) is 7.38. The Balaban J connectivity index is 0.000000134. The lowest BCUT2D eigenvalue weighted by atomic mass is 9.99. The number of hydrogen-bond acceptors (Lipinski definition) is 0. The molecule has 0 fully saturated rings. The van der Waals surface area contributed by atoms with Crippen LogP contribution >= 0.6 is 0 Å². The van der Waals surface area contributed by atoms with Crippen molar-refractivity contribution in [3.8, 4) is 22.3 Å². The van der Waals surface area contributed by atoms with Crippen LogP contribution in [0.1, 0.15) is 11.1 Å². The van der Waals surface area contributed by atoms with Crippen LogP contribution in [0.2, 0.25) is 0 Å². The van der Waals surface area contributed by atoms with E-state index in [0.717, 1.165) is 6.42 Å². The average molecular weight is 370 g/mol. The molecule has 0 spiro atoms. The van der Waals surface area contributed by atoms with Gasteiger partial charge in [0.05, 0.1) is 0 Å². The standard InChI is InChI=1S/C17H12.C12H10/c1-3-7-14-12(5-1)9-10-16-15-8-4-2-6-13(15)11-17(14)16;1-3-7-11(8-4-1)12-9-5-2-6-10-12/h1-10H,11H2;1-10H. The van der Waals surface area contributed by atoms with Crippen molar-refractivity contribution in [3.63, 3.8) is 0 Å². The summed E-state index contributed by atoms with van der Waals surface area (Å²) >= 11 is 0. The predicted octanol–water partition coefficient (Wildman–Crippen LogP) is 7.76. The van der Waals surface area contributed by atoms with Gasteiger partial charge in [-0.25, -0.2) is 0 Å². The summed E-state index contributed by atoms with van der Waals surface area (Å²) in [4.78, 5) is 0. The fourth-order valence-electron chi connectivity index (χ4n) is 4.17. The molecule has 29 heavy (non-hydrogen) atoms. The SMILES string of the molecule is c1ccc(-c2ccccc2)cc1.c1ccc2c(c1)Cc1c-2ccc2ccccc12. The molecule has 138 valence electrons. The Labute approximate surface area is 172 Å². The third-order valence-corrected chi connectivity index (χ3v) is 5.60. The number of fused-ring (bicyclic) bond motifs is 5. The Morgan fingerprint density at radius 2 is 1.00 bits per heavy atom. The molecule has 0 N–H and O–H groups in total. The van der Waals surface area contributed by atoms with Crippen LogP contribution in [0, 0.1) is 0 Å². The van der Waals surface area contributed by atoms with Crippen molar-refractivity contribution in [2.75, 3.05) is 0 Å². The van der Waals surface area contributed by atoms with Crippen LogP contribution in [0.3, 0.4) is 0 Å². The molecule has 0 saturated carbocycles. The van der Waals surface area contributed by atoms with Gasteiger partial charge in [-0.05, 0) is 50.6 Å². The maximum Gasteiger partial charge on any atom is -0.000729 e. The number of rotatable bonds is 1. The quantitative estimate of drug-likeness (QED) is 0.277. The maximum absolute atomic E-state index is 2.27. The second-order valence-corrected chi connectivity index (χ2v) is 7.38. The summed E-state index contributed by atoms with van der Waals surface area (Å²) in [5, 5.41) is 2.75. The highest BCUT2D eigenvalue weighted by Gasteiger charge is 2.19. The van der Waals surface area contributed by atoms with Gasteiger partial charge in [0.2, 0.25) is 0 Å². The van der Waals surface area contributed by atoms with E-state index in [-0.39, 0.29) is 0 Å². The van der Waals surface area contributed by atoms with Crippen LogP contribution in [0.25, 0.3) is 33.0 Å². The van der Waals surface area contributed by atoms with E-state index in [9.17, 15) is 0 Å². The lowest BCUT2D eigenvalue weighted by Crippen LogP contribution is -1.83. The fourth-order valence-corrected chi connectivity index (χ4v) is 4.17.